The second kappa shape index (κ2) is 7.52. The number of carbonyl (C=O) groups excluding carboxylic acids is 1. The largest absolute Gasteiger partial charge is 0.345 e. The second-order valence-electron chi connectivity index (χ2n) is 4.75. The lowest BCUT2D eigenvalue weighted by Crippen LogP contribution is -2.25. The molecule has 0 atom stereocenters. The molecule has 0 bridgehead atoms. The van der Waals surface area contributed by atoms with Gasteiger partial charge >= 0.3 is 0 Å². The predicted octanol–water partition coefficient (Wildman–Crippen LogP) is 3.36. The van der Waals surface area contributed by atoms with Crippen molar-refractivity contribution in [3.63, 3.8) is 0 Å². The van der Waals surface area contributed by atoms with Crippen LogP contribution in [0.3, 0.4) is 0 Å². The summed E-state index contributed by atoms with van der Waals surface area (Å²) in [5, 5.41) is 3.45. The van der Waals surface area contributed by atoms with Crippen molar-refractivity contribution in [1.82, 2.24) is 5.32 Å². The number of halogens is 1. The fourth-order valence-corrected chi connectivity index (χ4v) is 2.12. The molecule has 1 N–H and O–H groups in total. The Morgan fingerprint density at radius 3 is 2.76 bits per heavy atom. The molecule has 21 heavy (non-hydrogen) atoms. The van der Waals surface area contributed by atoms with E-state index in [9.17, 15) is 4.79 Å². The van der Waals surface area contributed by atoms with Crippen molar-refractivity contribution >= 4 is 17.5 Å². The third-order valence-corrected chi connectivity index (χ3v) is 3.11. The average molecular weight is 298 g/mol. The Balaban J connectivity index is 1.82. The number of benzene rings is 2. The van der Waals surface area contributed by atoms with Crippen molar-refractivity contribution in [3.8, 4) is 11.8 Å². The number of amides is 1. The first kappa shape index (κ1) is 15.2. The quantitative estimate of drug-likeness (QED) is 0.865. The van der Waals surface area contributed by atoms with E-state index in [1.165, 1.54) is 0 Å². The first-order valence-corrected chi connectivity index (χ1v) is 7.08. The minimum Gasteiger partial charge on any atom is -0.345 e. The Labute approximate surface area is 130 Å². The molecule has 2 nitrogen and oxygen atoms in total. The maximum absolute atomic E-state index is 11.8. The summed E-state index contributed by atoms with van der Waals surface area (Å²) >= 11 is 5.87. The molecule has 0 unspecified atom stereocenters. The van der Waals surface area contributed by atoms with E-state index >= 15 is 0 Å². The maximum atomic E-state index is 11.8. The standard InChI is InChI=1S/C18H16ClNO/c1-14-5-2-7-16(11-14)13-18(21)20-10-4-8-15-6-3-9-17(19)12-15/h2-3,5-7,9,11-12H,10,13H2,1H3,(H,20,21). The van der Waals surface area contributed by atoms with Crippen molar-refractivity contribution in [1.29, 1.82) is 0 Å². The Hall–Kier alpha value is -2.24. The van der Waals surface area contributed by atoms with Gasteiger partial charge in [-0.2, -0.15) is 0 Å². The summed E-state index contributed by atoms with van der Waals surface area (Å²) in [4.78, 5) is 11.8. The summed E-state index contributed by atoms with van der Waals surface area (Å²) in [5.74, 6) is 5.85. The van der Waals surface area contributed by atoms with E-state index in [0.29, 0.717) is 18.0 Å². The number of rotatable bonds is 3. The summed E-state index contributed by atoms with van der Waals surface area (Å²) in [5.41, 5.74) is 3.01. The van der Waals surface area contributed by atoms with Gasteiger partial charge in [-0.3, -0.25) is 4.79 Å². The van der Waals surface area contributed by atoms with E-state index in [1.54, 1.807) is 12.1 Å². The molecule has 0 radical (unpaired) electrons. The highest BCUT2D eigenvalue weighted by Crippen LogP contribution is 2.09. The van der Waals surface area contributed by atoms with Gasteiger partial charge in [0.15, 0.2) is 0 Å². The predicted molar refractivity (Wildman–Crippen MR) is 86.2 cm³/mol. The minimum absolute atomic E-state index is 0.0269. The molecule has 0 aromatic heterocycles. The van der Waals surface area contributed by atoms with Gasteiger partial charge < -0.3 is 5.32 Å². The number of aryl methyl sites for hydroxylation is 1. The fourth-order valence-electron chi connectivity index (χ4n) is 1.93. The van der Waals surface area contributed by atoms with E-state index in [2.05, 4.69) is 17.2 Å². The molecule has 0 saturated carbocycles. The third kappa shape index (κ3) is 5.33. The van der Waals surface area contributed by atoms with Gasteiger partial charge in [0.05, 0.1) is 13.0 Å². The number of nitrogens with one attached hydrogen (secondary N) is 1. The molecule has 0 fully saturated rings. The maximum Gasteiger partial charge on any atom is 0.225 e. The Kier molecular flexibility index (Phi) is 5.43. The highest BCUT2D eigenvalue weighted by Gasteiger charge is 2.01. The SMILES string of the molecule is Cc1cccc(CC(=O)NCC#Cc2cccc(Cl)c2)c1. The van der Waals surface area contributed by atoms with Crippen LogP contribution >= 0.6 is 11.6 Å². The van der Waals surface area contributed by atoms with Gasteiger partial charge in [0.2, 0.25) is 5.91 Å². The monoisotopic (exact) mass is 297 g/mol. The Bertz CT molecular complexity index is 698. The van der Waals surface area contributed by atoms with Gasteiger partial charge in [0.1, 0.15) is 0 Å². The van der Waals surface area contributed by atoms with Crippen LogP contribution in [0.25, 0.3) is 0 Å². The minimum atomic E-state index is -0.0269. The van der Waals surface area contributed by atoms with Gasteiger partial charge in [-0.05, 0) is 30.7 Å². The van der Waals surface area contributed by atoms with Crippen LogP contribution < -0.4 is 5.32 Å². The third-order valence-electron chi connectivity index (χ3n) is 2.88. The first-order chi connectivity index (χ1) is 10.1. The van der Waals surface area contributed by atoms with E-state index in [1.807, 2.05) is 43.3 Å². The molecule has 2 aromatic rings. The first-order valence-electron chi connectivity index (χ1n) is 6.70. The number of carbonyl (C=O) groups is 1. The van der Waals surface area contributed by atoms with E-state index in [4.69, 9.17) is 11.6 Å². The second-order valence-corrected chi connectivity index (χ2v) is 5.19. The van der Waals surface area contributed by atoms with E-state index in [-0.39, 0.29) is 5.91 Å². The molecule has 0 heterocycles. The van der Waals surface area contributed by atoms with Crippen LogP contribution in [0.15, 0.2) is 48.5 Å². The van der Waals surface area contributed by atoms with Crippen LogP contribution in [0.1, 0.15) is 16.7 Å². The topological polar surface area (TPSA) is 29.1 Å². The molecule has 0 saturated heterocycles. The molecule has 0 aliphatic carbocycles. The molecular weight excluding hydrogens is 282 g/mol. The van der Waals surface area contributed by atoms with E-state index in [0.717, 1.165) is 16.7 Å². The molecule has 2 rings (SSSR count). The highest BCUT2D eigenvalue weighted by atomic mass is 35.5. The van der Waals surface area contributed by atoms with Crippen LogP contribution in [0.4, 0.5) is 0 Å². The van der Waals surface area contributed by atoms with Crippen molar-refractivity contribution in [3.05, 3.63) is 70.2 Å². The fraction of sp³-hybridized carbons (Fsp3) is 0.167. The summed E-state index contributed by atoms with van der Waals surface area (Å²) in [6.45, 7) is 2.34. The zero-order chi connectivity index (χ0) is 15.1. The average Bonchev–Trinajstić information content (AvgIpc) is 2.44. The summed E-state index contributed by atoms with van der Waals surface area (Å²) in [7, 11) is 0. The lowest BCUT2D eigenvalue weighted by molar-refractivity contribution is -0.120. The van der Waals surface area contributed by atoms with E-state index < -0.39 is 0 Å². The number of hydrogen-bond acceptors (Lipinski definition) is 1. The van der Waals surface area contributed by atoms with Crippen molar-refractivity contribution in [2.45, 2.75) is 13.3 Å². The van der Waals surface area contributed by atoms with Crippen molar-refractivity contribution in [2.24, 2.45) is 0 Å². The molecule has 2 aromatic carbocycles. The molecule has 0 aliphatic heterocycles. The van der Waals surface area contributed by atoms with Crippen molar-refractivity contribution in [2.75, 3.05) is 6.54 Å². The Morgan fingerprint density at radius 2 is 2.00 bits per heavy atom. The van der Waals surface area contributed by atoms with Crippen molar-refractivity contribution < 1.29 is 4.79 Å². The summed E-state index contributed by atoms with van der Waals surface area (Å²) < 4.78 is 0. The Morgan fingerprint density at radius 1 is 1.19 bits per heavy atom. The van der Waals surface area contributed by atoms with Crippen LogP contribution in [-0.4, -0.2) is 12.5 Å². The zero-order valence-corrected chi connectivity index (χ0v) is 12.6. The van der Waals surface area contributed by atoms with Gasteiger partial charge in [-0.25, -0.2) is 0 Å². The van der Waals surface area contributed by atoms with Gasteiger partial charge in [0.25, 0.3) is 0 Å². The van der Waals surface area contributed by atoms with Gasteiger partial charge in [-0.15, -0.1) is 0 Å². The molecular formula is C18H16ClNO. The molecule has 0 aliphatic rings. The smallest absolute Gasteiger partial charge is 0.225 e. The molecule has 0 spiro atoms. The van der Waals surface area contributed by atoms with Gasteiger partial charge in [0, 0.05) is 10.6 Å². The molecule has 1 amide bonds. The zero-order valence-electron chi connectivity index (χ0n) is 11.8. The lowest BCUT2D eigenvalue weighted by Gasteiger charge is -2.02. The van der Waals surface area contributed by atoms with Crippen LogP contribution in [0, 0.1) is 18.8 Å². The molecule has 3 heteroatoms. The van der Waals surface area contributed by atoms with Gasteiger partial charge in [-0.1, -0.05) is 59.3 Å². The van der Waals surface area contributed by atoms with Crippen LogP contribution in [-0.2, 0) is 11.2 Å². The highest BCUT2D eigenvalue weighted by molar-refractivity contribution is 6.30. The summed E-state index contributed by atoms with van der Waals surface area (Å²) in [6.07, 6.45) is 0.376. The van der Waals surface area contributed by atoms with Crippen LogP contribution in [0.2, 0.25) is 5.02 Å². The molecule has 106 valence electrons. The lowest BCUT2D eigenvalue weighted by atomic mass is 10.1. The summed E-state index contributed by atoms with van der Waals surface area (Å²) in [6, 6.07) is 15.3. The normalized spacial score (nSPS) is 9.62. The van der Waals surface area contributed by atoms with Crippen LogP contribution in [0.5, 0.6) is 0 Å². The number of hydrogen-bond donors (Lipinski definition) is 1.